The number of rotatable bonds is 6. The molecule has 0 fully saturated rings. The molecule has 1 heterocycles. The van der Waals surface area contributed by atoms with Gasteiger partial charge in [-0.15, -0.1) is 0 Å². The Morgan fingerprint density at radius 1 is 1.08 bits per heavy atom. The molecule has 0 aliphatic heterocycles. The lowest BCUT2D eigenvalue weighted by molar-refractivity contribution is -0.133. The molecule has 26 heavy (non-hydrogen) atoms. The van der Waals surface area contributed by atoms with Crippen LogP contribution < -0.4 is 10.8 Å². The summed E-state index contributed by atoms with van der Waals surface area (Å²) in [7, 11) is 0. The summed E-state index contributed by atoms with van der Waals surface area (Å²) in [6, 6.07) is 4.76. The third-order valence-corrected chi connectivity index (χ3v) is 3.48. The number of hydrogen-bond donors (Lipinski definition) is 5. The Morgan fingerprint density at radius 3 is 2.19 bits per heavy atom. The fourth-order valence-electron chi connectivity index (χ4n) is 2.08. The molecule has 0 aliphatic rings. The van der Waals surface area contributed by atoms with Gasteiger partial charge in [0.2, 0.25) is 0 Å². The van der Waals surface area contributed by atoms with Crippen LogP contribution in [0.4, 0.5) is 0 Å². The number of nitrogens with one attached hydrogen (secondary N) is 2. The number of hydrogen-bond acceptors (Lipinski definition) is 7. The molecule has 0 saturated heterocycles. The molecule has 0 bridgehead atoms. The Labute approximate surface area is 147 Å². The van der Waals surface area contributed by atoms with Crippen LogP contribution in [0.2, 0.25) is 0 Å². The van der Waals surface area contributed by atoms with E-state index in [9.17, 15) is 19.5 Å². The molecule has 2 atom stereocenters. The van der Waals surface area contributed by atoms with E-state index in [1.54, 1.807) is 12.1 Å². The first-order valence-corrected chi connectivity index (χ1v) is 7.42. The second-order valence-corrected chi connectivity index (χ2v) is 5.34. The van der Waals surface area contributed by atoms with E-state index in [2.05, 4.69) is 15.3 Å². The molecule has 10 nitrogen and oxygen atoms in total. The van der Waals surface area contributed by atoms with E-state index in [-0.39, 0.29) is 11.3 Å². The minimum absolute atomic E-state index is 0.184. The molecule has 0 radical (unpaired) electrons. The highest BCUT2D eigenvalue weighted by molar-refractivity contribution is 5.97. The van der Waals surface area contributed by atoms with Crippen LogP contribution in [0.25, 0.3) is 11.3 Å². The van der Waals surface area contributed by atoms with Crippen molar-refractivity contribution < 1.29 is 29.8 Å². The topological polar surface area (TPSA) is 162 Å². The Bertz CT molecular complexity index is 804. The van der Waals surface area contributed by atoms with E-state index < -0.39 is 29.9 Å². The largest absolute Gasteiger partial charge is 0.476 e. The van der Waals surface area contributed by atoms with E-state index >= 15 is 0 Å². The molecular formula is C16H16N4O6. The number of carbonyl (C=O) groups excluding carboxylic acids is 2. The lowest BCUT2D eigenvalue weighted by Crippen LogP contribution is -2.51. The number of benzene rings is 1. The van der Waals surface area contributed by atoms with Crippen LogP contribution >= 0.6 is 0 Å². The van der Waals surface area contributed by atoms with Gasteiger partial charge >= 0.3 is 5.97 Å². The van der Waals surface area contributed by atoms with Gasteiger partial charge in [-0.25, -0.2) is 15.3 Å². The number of carboxylic acids is 1. The van der Waals surface area contributed by atoms with Crippen LogP contribution in [0.15, 0.2) is 36.7 Å². The van der Waals surface area contributed by atoms with Gasteiger partial charge in [-0.1, -0.05) is 12.1 Å². The van der Waals surface area contributed by atoms with Crippen molar-refractivity contribution in [3.8, 4) is 11.3 Å². The first-order chi connectivity index (χ1) is 12.3. The second-order valence-electron chi connectivity index (χ2n) is 5.34. The quantitative estimate of drug-likeness (QED) is 0.350. The normalized spacial score (nSPS) is 12.7. The molecule has 136 valence electrons. The number of aliphatic hydroxyl groups is 1. The summed E-state index contributed by atoms with van der Waals surface area (Å²) >= 11 is 0. The smallest absolute Gasteiger partial charge is 0.356 e. The average Bonchev–Trinajstić information content (AvgIpc) is 2.65. The molecule has 1 aromatic carbocycles. The van der Waals surface area contributed by atoms with Gasteiger partial charge in [0.05, 0.1) is 24.2 Å². The van der Waals surface area contributed by atoms with Gasteiger partial charge in [0.15, 0.2) is 5.69 Å². The van der Waals surface area contributed by atoms with Gasteiger partial charge in [-0.3, -0.25) is 19.8 Å². The highest BCUT2D eigenvalue weighted by Crippen LogP contribution is 2.17. The maximum absolute atomic E-state index is 12.2. The van der Waals surface area contributed by atoms with Crippen molar-refractivity contribution in [2.24, 2.45) is 0 Å². The Morgan fingerprint density at radius 2 is 1.73 bits per heavy atom. The highest BCUT2D eigenvalue weighted by Gasteiger charge is 2.25. The van der Waals surface area contributed by atoms with Gasteiger partial charge < -0.3 is 15.5 Å². The SMILES string of the molecule is C[C@@H](O)[C@H](NC(=O)c1ccc(-c2cnc(C(=O)O)cn2)cc1)C(=O)NO. The number of aromatic carboxylic acids is 1. The number of aliphatic hydroxyl groups excluding tert-OH is 1. The standard InChI is InChI=1S/C16H16N4O6/c1-8(21)13(15(23)20-26)19-14(22)10-4-2-9(3-5-10)11-6-18-12(7-17-11)16(24)25/h2-8,13,21,26H,1H3,(H,19,22)(H,20,23)(H,24,25)/t8-,13+/m1/s1. The van der Waals surface area contributed by atoms with E-state index in [0.29, 0.717) is 11.3 Å². The van der Waals surface area contributed by atoms with Gasteiger partial charge in [-0.05, 0) is 19.1 Å². The summed E-state index contributed by atoms with van der Waals surface area (Å²) in [5, 5.41) is 29.3. The Hall–Kier alpha value is -3.37. The summed E-state index contributed by atoms with van der Waals surface area (Å²) in [6.45, 7) is 1.29. The average molecular weight is 360 g/mol. The third kappa shape index (κ3) is 4.37. The molecule has 2 rings (SSSR count). The highest BCUT2D eigenvalue weighted by atomic mass is 16.5. The minimum atomic E-state index is -1.32. The van der Waals surface area contributed by atoms with Crippen molar-refractivity contribution in [3.63, 3.8) is 0 Å². The van der Waals surface area contributed by atoms with Crippen LogP contribution in [-0.2, 0) is 4.79 Å². The molecule has 2 aromatic rings. The number of hydroxylamine groups is 1. The van der Waals surface area contributed by atoms with E-state index in [1.807, 2.05) is 0 Å². The zero-order chi connectivity index (χ0) is 19.3. The van der Waals surface area contributed by atoms with Crippen molar-refractivity contribution >= 4 is 17.8 Å². The molecular weight excluding hydrogens is 344 g/mol. The van der Waals surface area contributed by atoms with Crippen molar-refractivity contribution in [2.45, 2.75) is 19.1 Å². The van der Waals surface area contributed by atoms with E-state index in [1.165, 1.54) is 30.7 Å². The molecule has 5 N–H and O–H groups in total. The Kier molecular flexibility index (Phi) is 5.94. The summed E-state index contributed by atoms with van der Waals surface area (Å²) in [5.74, 6) is -2.76. The lowest BCUT2D eigenvalue weighted by atomic mass is 10.1. The number of amides is 2. The van der Waals surface area contributed by atoms with Crippen LogP contribution in [0.5, 0.6) is 0 Å². The van der Waals surface area contributed by atoms with Gasteiger partial charge in [-0.2, -0.15) is 0 Å². The lowest BCUT2D eigenvalue weighted by Gasteiger charge is -2.19. The number of aromatic nitrogens is 2. The first kappa shape index (κ1) is 19.0. The maximum Gasteiger partial charge on any atom is 0.356 e. The van der Waals surface area contributed by atoms with Crippen LogP contribution in [0.1, 0.15) is 27.8 Å². The number of carboxylic acid groups (broad SMARTS) is 1. The molecule has 10 heteroatoms. The predicted octanol–water partition coefficient (Wildman–Crippen LogP) is -0.174. The molecule has 2 amide bonds. The summed E-state index contributed by atoms with van der Waals surface area (Å²) in [5.41, 5.74) is 2.42. The third-order valence-electron chi connectivity index (χ3n) is 3.48. The second kappa shape index (κ2) is 8.14. The van der Waals surface area contributed by atoms with Crippen molar-refractivity contribution in [1.82, 2.24) is 20.8 Å². The summed E-state index contributed by atoms with van der Waals surface area (Å²) < 4.78 is 0. The zero-order valence-electron chi connectivity index (χ0n) is 13.6. The monoisotopic (exact) mass is 360 g/mol. The maximum atomic E-state index is 12.2. The van der Waals surface area contributed by atoms with Gasteiger partial charge in [0.1, 0.15) is 6.04 Å². The fraction of sp³-hybridized carbons (Fsp3) is 0.188. The van der Waals surface area contributed by atoms with Crippen LogP contribution in [0.3, 0.4) is 0 Å². The van der Waals surface area contributed by atoms with Crippen molar-refractivity contribution in [2.75, 3.05) is 0 Å². The number of nitrogens with zero attached hydrogens (tertiary/aromatic N) is 2. The van der Waals surface area contributed by atoms with Gasteiger partial charge in [0.25, 0.3) is 11.8 Å². The Balaban J connectivity index is 2.14. The minimum Gasteiger partial charge on any atom is -0.476 e. The fourth-order valence-corrected chi connectivity index (χ4v) is 2.08. The summed E-state index contributed by atoms with van der Waals surface area (Å²) in [4.78, 5) is 42.1. The van der Waals surface area contributed by atoms with E-state index in [0.717, 1.165) is 6.20 Å². The zero-order valence-corrected chi connectivity index (χ0v) is 13.6. The van der Waals surface area contributed by atoms with Gasteiger partial charge in [0, 0.05) is 11.1 Å². The van der Waals surface area contributed by atoms with Crippen molar-refractivity contribution in [1.29, 1.82) is 0 Å². The van der Waals surface area contributed by atoms with E-state index in [4.69, 9.17) is 10.3 Å². The van der Waals surface area contributed by atoms with Crippen LogP contribution in [0, 0.1) is 0 Å². The molecule has 0 unspecified atom stereocenters. The molecule has 0 spiro atoms. The van der Waals surface area contributed by atoms with Crippen molar-refractivity contribution in [3.05, 3.63) is 47.9 Å². The van der Waals surface area contributed by atoms with Crippen LogP contribution in [-0.4, -0.2) is 55.3 Å². The predicted molar refractivity (Wildman–Crippen MR) is 87.3 cm³/mol. The molecule has 0 saturated carbocycles. The number of carbonyl (C=O) groups is 3. The molecule has 1 aromatic heterocycles. The molecule has 0 aliphatic carbocycles. The first-order valence-electron chi connectivity index (χ1n) is 7.42. The summed E-state index contributed by atoms with van der Waals surface area (Å²) in [6.07, 6.45) is 1.21.